The zero-order chi connectivity index (χ0) is 12.6. The Bertz CT molecular complexity index is 505. The molecule has 0 atom stereocenters. The normalized spacial score (nSPS) is 23.1. The van der Waals surface area contributed by atoms with Crippen molar-refractivity contribution >= 4 is 10.0 Å². The summed E-state index contributed by atoms with van der Waals surface area (Å²) in [5.41, 5.74) is 0. The van der Waals surface area contributed by atoms with Gasteiger partial charge in [-0.05, 0) is 25.0 Å². The summed E-state index contributed by atoms with van der Waals surface area (Å²) in [4.78, 5) is 6.58. The van der Waals surface area contributed by atoms with Gasteiger partial charge in [-0.1, -0.05) is 0 Å². The molecule has 18 heavy (non-hydrogen) atoms. The van der Waals surface area contributed by atoms with E-state index in [0.717, 1.165) is 13.1 Å². The fourth-order valence-corrected chi connectivity index (χ4v) is 3.78. The summed E-state index contributed by atoms with van der Waals surface area (Å²) in [5.74, 6) is 0. The van der Waals surface area contributed by atoms with E-state index < -0.39 is 10.0 Å². The number of pyridine rings is 1. The Hall–Kier alpha value is -0.980. The summed E-state index contributed by atoms with van der Waals surface area (Å²) >= 11 is 0. The molecule has 2 fully saturated rings. The van der Waals surface area contributed by atoms with Crippen molar-refractivity contribution in [2.75, 3.05) is 26.2 Å². The number of aromatic nitrogens is 1. The quantitative estimate of drug-likeness (QED) is 0.802. The molecular formula is C12H17N3O2S. The summed E-state index contributed by atoms with van der Waals surface area (Å²) in [7, 11) is -3.35. The van der Waals surface area contributed by atoms with E-state index in [9.17, 15) is 8.42 Å². The third kappa shape index (κ3) is 2.28. The molecule has 0 N–H and O–H groups in total. The smallest absolute Gasteiger partial charge is 0.244 e. The number of rotatable bonds is 3. The molecule has 1 aromatic rings. The van der Waals surface area contributed by atoms with Gasteiger partial charge in [0.1, 0.15) is 4.90 Å². The van der Waals surface area contributed by atoms with Crippen molar-refractivity contribution in [3.8, 4) is 0 Å². The third-order valence-corrected chi connectivity index (χ3v) is 5.49. The van der Waals surface area contributed by atoms with Crippen molar-refractivity contribution in [1.29, 1.82) is 0 Å². The van der Waals surface area contributed by atoms with Crippen molar-refractivity contribution in [3.05, 3.63) is 24.5 Å². The van der Waals surface area contributed by atoms with Gasteiger partial charge >= 0.3 is 0 Å². The van der Waals surface area contributed by atoms with Crippen LogP contribution in [-0.4, -0.2) is 54.8 Å². The van der Waals surface area contributed by atoms with Crippen LogP contribution in [0.3, 0.4) is 0 Å². The van der Waals surface area contributed by atoms with Crippen molar-refractivity contribution < 1.29 is 8.42 Å². The van der Waals surface area contributed by atoms with E-state index >= 15 is 0 Å². The van der Waals surface area contributed by atoms with Crippen molar-refractivity contribution in [2.24, 2.45) is 0 Å². The molecule has 0 spiro atoms. The first kappa shape index (κ1) is 12.1. The highest BCUT2D eigenvalue weighted by Crippen LogP contribution is 2.28. The molecule has 2 aliphatic rings. The Kier molecular flexibility index (Phi) is 3.09. The minimum atomic E-state index is -3.35. The lowest BCUT2D eigenvalue weighted by Crippen LogP contribution is -2.49. The lowest BCUT2D eigenvalue weighted by Gasteiger charge is -2.33. The van der Waals surface area contributed by atoms with Gasteiger partial charge < -0.3 is 0 Å². The molecule has 0 aromatic carbocycles. The van der Waals surface area contributed by atoms with Gasteiger partial charge in [0.15, 0.2) is 0 Å². The minimum absolute atomic E-state index is 0.296. The summed E-state index contributed by atoms with van der Waals surface area (Å²) in [6.07, 6.45) is 5.55. The van der Waals surface area contributed by atoms with Gasteiger partial charge in [0.25, 0.3) is 0 Å². The zero-order valence-electron chi connectivity index (χ0n) is 10.2. The van der Waals surface area contributed by atoms with Gasteiger partial charge in [-0.3, -0.25) is 9.88 Å². The molecule has 1 saturated carbocycles. The maximum atomic E-state index is 12.3. The van der Waals surface area contributed by atoms with E-state index in [1.54, 1.807) is 22.6 Å². The van der Waals surface area contributed by atoms with Crippen LogP contribution in [0.25, 0.3) is 0 Å². The van der Waals surface area contributed by atoms with Gasteiger partial charge in [-0.2, -0.15) is 4.31 Å². The highest BCUT2D eigenvalue weighted by atomic mass is 32.2. The monoisotopic (exact) mass is 267 g/mol. The van der Waals surface area contributed by atoms with Crippen LogP contribution in [0.1, 0.15) is 12.8 Å². The van der Waals surface area contributed by atoms with Crippen LogP contribution in [0.2, 0.25) is 0 Å². The maximum absolute atomic E-state index is 12.3. The Balaban J connectivity index is 1.71. The molecule has 0 amide bonds. The highest BCUT2D eigenvalue weighted by Gasteiger charge is 2.34. The number of nitrogens with zero attached hydrogens (tertiary/aromatic N) is 3. The number of piperazine rings is 1. The maximum Gasteiger partial charge on any atom is 0.244 e. The molecule has 0 bridgehead atoms. The average molecular weight is 267 g/mol. The Morgan fingerprint density at radius 1 is 1.17 bits per heavy atom. The molecule has 1 aromatic heterocycles. The molecule has 1 aliphatic heterocycles. The van der Waals surface area contributed by atoms with Crippen LogP contribution in [0.5, 0.6) is 0 Å². The van der Waals surface area contributed by atoms with E-state index in [1.807, 2.05) is 0 Å². The third-order valence-electron chi connectivity index (χ3n) is 3.61. The summed E-state index contributed by atoms with van der Waals surface area (Å²) in [6.45, 7) is 2.88. The first-order chi connectivity index (χ1) is 8.68. The van der Waals surface area contributed by atoms with Crippen molar-refractivity contribution in [3.63, 3.8) is 0 Å². The van der Waals surface area contributed by atoms with Crippen LogP contribution in [0.15, 0.2) is 29.4 Å². The fourth-order valence-electron chi connectivity index (χ4n) is 2.40. The van der Waals surface area contributed by atoms with Gasteiger partial charge in [0.2, 0.25) is 10.0 Å². The molecule has 98 valence electrons. The standard InChI is InChI=1S/C12H17N3O2S/c16-18(17,12-2-1-5-13-10-12)15-8-6-14(7-9-15)11-3-4-11/h1-2,5,10-11H,3-4,6-9H2. The largest absolute Gasteiger partial charge is 0.298 e. The number of hydrogen-bond donors (Lipinski definition) is 0. The van der Waals surface area contributed by atoms with Crippen LogP contribution in [0, 0.1) is 0 Å². The SMILES string of the molecule is O=S(=O)(c1cccnc1)N1CCN(C2CC2)CC1. The molecule has 0 unspecified atom stereocenters. The Labute approximate surface area is 107 Å². The van der Waals surface area contributed by atoms with Crippen LogP contribution < -0.4 is 0 Å². The predicted molar refractivity (Wildman–Crippen MR) is 67.6 cm³/mol. The number of sulfonamides is 1. The Morgan fingerprint density at radius 2 is 1.89 bits per heavy atom. The molecule has 6 heteroatoms. The zero-order valence-corrected chi connectivity index (χ0v) is 11.0. The summed E-state index contributed by atoms with van der Waals surface area (Å²) in [6, 6.07) is 3.98. The molecule has 5 nitrogen and oxygen atoms in total. The summed E-state index contributed by atoms with van der Waals surface area (Å²) in [5, 5.41) is 0. The molecule has 2 heterocycles. The second-order valence-electron chi connectivity index (χ2n) is 4.86. The topological polar surface area (TPSA) is 53.5 Å². The average Bonchev–Trinajstić information content (AvgIpc) is 3.24. The molecule has 0 radical (unpaired) electrons. The Morgan fingerprint density at radius 3 is 2.44 bits per heavy atom. The molecule has 1 aliphatic carbocycles. The van der Waals surface area contributed by atoms with E-state index in [1.165, 1.54) is 19.0 Å². The van der Waals surface area contributed by atoms with Crippen LogP contribution in [-0.2, 0) is 10.0 Å². The van der Waals surface area contributed by atoms with Crippen molar-refractivity contribution in [1.82, 2.24) is 14.2 Å². The van der Waals surface area contributed by atoms with Crippen molar-refractivity contribution in [2.45, 2.75) is 23.8 Å². The summed E-state index contributed by atoms with van der Waals surface area (Å²) < 4.78 is 26.3. The van der Waals surface area contributed by atoms with Gasteiger partial charge in [-0.15, -0.1) is 0 Å². The van der Waals surface area contributed by atoms with E-state index in [4.69, 9.17) is 0 Å². The molecule has 3 rings (SSSR count). The molecule has 1 saturated heterocycles. The second-order valence-corrected chi connectivity index (χ2v) is 6.80. The van der Waals surface area contributed by atoms with Gasteiger partial charge in [0, 0.05) is 44.6 Å². The van der Waals surface area contributed by atoms with E-state index in [2.05, 4.69) is 9.88 Å². The highest BCUT2D eigenvalue weighted by molar-refractivity contribution is 7.89. The predicted octanol–water partition coefficient (Wildman–Crippen LogP) is 0.550. The van der Waals surface area contributed by atoms with Crippen LogP contribution >= 0.6 is 0 Å². The van der Waals surface area contributed by atoms with Crippen LogP contribution in [0.4, 0.5) is 0 Å². The lowest BCUT2D eigenvalue weighted by atomic mass is 10.3. The van der Waals surface area contributed by atoms with Gasteiger partial charge in [-0.25, -0.2) is 8.42 Å². The fraction of sp³-hybridized carbons (Fsp3) is 0.583. The van der Waals surface area contributed by atoms with E-state index in [-0.39, 0.29) is 0 Å². The second kappa shape index (κ2) is 4.60. The first-order valence-electron chi connectivity index (χ1n) is 6.32. The van der Waals surface area contributed by atoms with E-state index in [0.29, 0.717) is 24.0 Å². The number of hydrogen-bond acceptors (Lipinski definition) is 4. The van der Waals surface area contributed by atoms with Gasteiger partial charge in [0.05, 0.1) is 0 Å². The first-order valence-corrected chi connectivity index (χ1v) is 7.76. The lowest BCUT2D eigenvalue weighted by molar-refractivity contribution is 0.180. The molecular weight excluding hydrogens is 250 g/mol. The minimum Gasteiger partial charge on any atom is -0.298 e.